The van der Waals surface area contributed by atoms with E-state index in [2.05, 4.69) is 40.7 Å². The van der Waals surface area contributed by atoms with Crippen LogP contribution in [0.4, 0.5) is 0 Å². The van der Waals surface area contributed by atoms with Gasteiger partial charge in [-0.15, -0.1) is 0 Å². The summed E-state index contributed by atoms with van der Waals surface area (Å²) in [7, 11) is 0. The van der Waals surface area contributed by atoms with Crippen molar-refractivity contribution in [1.29, 1.82) is 0 Å². The average molecular weight is 477 g/mol. The first-order chi connectivity index (χ1) is 15.2. The second-order valence-electron chi connectivity index (χ2n) is 12.7. The molecular formula is C29H48OS2. The van der Waals surface area contributed by atoms with Crippen LogP contribution in [0.25, 0.3) is 0 Å². The number of hydrogen-bond donors (Lipinski definition) is 0. The Kier molecular flexibility index (Phi) is 7.78. The van der Waals surface area contributed by atoms with Crippen LogP contribution in [-0.2, 0) is 4.74 Å². The van der Waals surface area contributed by atoms with Crippen LogP contribution in [-0.4, -0.2) is 16.7 Å². The SMILES string of the molecule is CSC(=S)OC1CC[C@@]2(C)C(=CC[C@H]3[C@@H]4CC[C@H]([C@H](C)CCCC(C)C)[C@@]4(C)CC[C@@H]32)C1. The van der Waals surface area contributed by atoms with Gasteiger partial charge < -0.3 is 4.74 Å². The summed E-state index contributed by atoms with van der Waals surface area (Å²) in [5, 5.41) is 0. The summed E-state index contributed by atoms with van der Waals surface area (Å²) in [6, 6.07) is 0. The van der Waals surface area contributed by atoms with Crippen LogP contribution in [0.2, 0.25) is 0 Å². The highest BCUT2D eigenvalue weighted by Crippen LogP contribution is 2.67. The quantitative estimate of drug-likeness (QED) is 0.279. The molecule has 8 atom stereocenters. The molecule has 4 aliphatic rings. The first kappa shape index (κ1) is 25.1. The molecule has 0 heterocycles. The summed E-state index contributed by atoms with van der Waals surface area (Å²) in [4.78, 5) is 0. The zero-order valence-corrected chi connectivity index (χ0v) is 23.3. The molecule has 182 valence electrons. The second kappa shape index (κ2) is 9.92. The van der Waals surface area contributed by atoms with Gasteiger partial charge >= 0.3 is 0 Å². The third-order valence-corrected chi connectivity index (χ3v) is 11.7. The number of thiocarbonyl (C=S) groups is 1. The van der Waals surface area contributed by atoms with Gasteiger partial charge in [0.25, 0.3) is 0 Å². The van der Waals surface area contributed by atoms with Crippen LogP contribution in [0.15, 0.2) is 11.6 Å². The van der Waals surface area contributed by atoms with Gasteiger partial charge in [-0.05, 0) is 110 Å². The normalized spacial score (nSPS) is 42.0. The molecule has 0 N–H and O–H groups in total. The Morgan fingerprint density at radius 1 is 1.09 bits per heavy atom. The summed E-state index contributed by atoms with van der Waals surface area (Å²) in [5.41, 5.74) is 2.70. The van der Waals surface area contributed by atoms with Crippen LogP contribution < -0.4 is 0 Å². The average Bonchev–Trinajstić information content (AvgIpc) is 3.11. The lowest BCUT2D eigenvalue weighted by Crippen LogP contribution is -2.51. The standard InChI is InChI=1S/C29H48OS2/c1-19(2)8-7-9-20(3)24-12-13-25-23-11-10-21-18-22(30-27(31)32-6)14-16-28(21,4)26(23)15-17-29(24,25)5/h10,19-20,22-26H,7-9,11-18H2,1-6H3/t20-,22?,23+,24-,25+,26+,28+,29-/m1/s1. The molecule has 4 rings (SSSR count). The molecular weight excluding hydrogens is 428 g/mol. The van der Waals surface area contributed by atoms with Crippen molar-refractivity contribution in [3.05, 3.63) is 11.6 Å². The molecule has 0 aromatic rings. The number of thioether (sulfide) groups is 1. The lowest BCUT2D eigenvalue weighted by atomic mass is 9.47. The molecule has 0 radical (unpaired) electrons. The summed E-state index contributed by atoms with van der Waals surface area (Å²) in [5.74, 6) is 5.47. The number of rotatable bonds is 6. The summed E-state index contributed by atoms with van der Waals surface area (Å²) < 4.78 is 6.82. The molecule has 3 fully saturated rings. The molecule has 0 amide bonds. The van der Waals surface area contributed by atoms with Crippen molar-refractivity contribution in [3.8, 4) is 0 Å². The number of hydrogen-bond acceptors (Lipinski definition) is 3. The van der Waals surface area contributed by atoms with Crippen molar-refractivity contribution in [3.63, 3.8) is 0 Å². The molecule has 1 unspecified atom stereocenters. The van der Waals surface area contributed by atoms with Crippen molar-refractivity contribution in [1.82, 2.24) is 0 Å². The minimum absolute atomic E-state index is 0.308. The van der Waals surface area contributed by atoms with E-state index in [9.17, 15) is 0 Å². The maximum Gasteiger partial charge on any atom is 0.219 e. The molecule has 3 heteroatoms. The van der Waals surface area contributed by atoms with Gasteiger partial charge in [-0.3, -0.25) is 0 Å². The maximum atomic E-state index is 6.10. The highest BCUT2D eigenvalue weighted by Gasteiger charge is 2.59. The lowest BCUT2D eigenvalue weighted by Gasteiger charge is -2.58. The van der Waals surface area contributed by atoms with Gasteiger partial charge in [-0.2, -0.15) is 0 Å². The Labute approximate surface area is 208 Å². The largest absolute Gasteiger partial charge is 0.475 e. The van der Waals surface area contributed by atoms with E-state index >= 15 is 0 Å². The summed E-state index contributed by atoms with van der Waals surface area (Å²) >= 11 is 6.93. The van der Waals surface area contributed by atoms with Crippen LogP contribution in [0, 0.1) is 46.3 Å². The van der Waals surface area contributed by atoms with Crippen molar-refractivity contribution in [2.75, 3.05) is 6.26 Å². The first-order valence-corrected chi connectivity index (χ1v) is 15.3. The van der Waals surface area contributed by atoms with Gasteiger partial charge in [0.2, 0.25) is 4.38 Å². The predicted octanol–water partition coefficient (Wildman–Crippen LogP) is 9.06. The van der Waals surface area contributed by atoms with E-state index in [-0.39, 0.29) is 0 Å². The van der Waals surface area contributed by atoms with Crippen molar-refractivity contribution < 1.29 is 4.74 Å². The van der Waals surface area contributed by atoms with Gasteiger partial charge in [-0.25, -0.2) is 0 Å². The Bertz CT molecular complexity index is 714. The Morgan fingerprint density at radius 2 is 1.88 bits per heavy atom. The topological polar surface area (TPSA) is 9.23 Å². The van der Waals surface area contributed by atoms with Crippen LogP contribution in [0.5, 0.6) is 0 Å². The molecule has 0 spiro atoms. The maximum absolute atomic E-state index is 6.10. The van der Waals surface area contributed by atoms with Gasteiger partial charge in [-0.1, -0.05) is 77.3 Å². The number of fused-ring (bicyclic) bond motifs is 5. The highest BCUT2D eigenvalue weighted by molar-refractivity contribution is 8.22. The second-order valence-corrected chi connectivity index (χ2v) is 14.1. The fourth-order valence-electron chi connectivity index (χ4n) is 8.94. The molecule has 0 bridgehead atoms. The van der Waals surface area contributed by atoms with Gasteiger partial charge in [0, 0.05) is 6.42 Å². The van der Waals surface area contributed by atoms with E-state index in [1.807, 2.05) is 6.26 Å². The van der Waals surface area contributed by atoms with E-state index in [0.29, 0.717) is 16.9 Å². The molecule has 0 aliphatic heterocycles. The Balaban J connectivity index is 1.45. The third kappa shape index (κ3) is 4.60. The van der Waals surface area contributed by atoms with Gasteiger partial charge in [0.1, 0.15) is 6.10 Å². The number of ether oxygens (including phenoxy) is 1. The summed E-state index contributed by atoms with van der Waals surface area (Å²) in [6.07, 6.45) is 20.1. The first-order valence-electron chi connectivity index (χ1n) is 13.6. The van der Waals surface area contributed by atoms with Gasteiger partial charge in [0.05, 0.1) is 0 Å². The third-order valence-electron chi connectivity index (χ3n) is 10.7. The Morgan fingerprint density at radius 3 is 2.59 bits per heavy atom. The fourth-order valence-corrected chi connectivity index (χ4v) is 9.31. The van der Waals surface area contributed by atoms with Crippen LogP contribution in [0.1, 0.15) is 105 Å². The van der Waals surface area contributed by atoms with Crippen molar-refractivity contribution in [2.45, 2.75) is 111 Å². The van der Waals surface area contributed by atoms with E-state index in [4.69, 9.17) is 17.0 Å². The molecule has 1 nitrogen and oxygen atoms in total. The molecule has 0 aromatic heterocycles. The molecule has 3 saturated carbocycles. The predicted molar refractivity (Wildman–Crippen MR) is 144 cm³/mol. The van der Waals surface area contributed by atoms with Crippen molar-refractivity contribution in [2.24, 2.45) is 46.3 Å². The van der Waals surface area contributed by atoms with Crippen LogP contribution >= 0.6 is 24.0 Å². The fraction of sp³-hybridized carbons (Fsp3) is 0.897. The smallest absolute Gasteiger partial charge is 0.219 e. The number of allylic oxidation sites excluding steroid dienone is 1. The summed E-state index contributed by atoms with van der Waals surface area (Å²) in [6.45, 7) is 12.7. The zero-order chi connectivity index (χ0) is 23.1. The van der Waals surface area contributed by atoms with Crippen molar-refractivity contribution >= 4 is 28.4 Å². The van der Waals surface area contributed by atoms with E-state index in [1.165, 1.54) is 64.2 Å². The lowest BCUT2D eigenvalue weighted by molar-refractivity contribution is -0.0561. The van der Waals surface area contributed by atoms with E-state index in [0.717, 1.165) is 46.3 Å². The molecule has 4 aliphatic carbocycles. The molecule has 0 aromatic carbocycles. The highest BCUT2D eigenvalue weighted by atomic mass is 32.2. The minimum Gasteiger partial charge on any atom is -0.475 e. The monoisotopic (exact) mass is 476 g/mol. The minimum atomic E-state index is 0.308. The zero-order valence-electron chi connectivity index (χ0n) is 21.6. The van der Waals surface area contributed by atoms with Gasteiger partial charge in [0.15, 0.2) is 0 Å². The van der Waals surface area contributed by atoms with E-state index in [1.54, 1.807) is 17.3 Å². The van der Waals surface area contributed by atoms with E-state index < -0.39 is 0 Å². The Hall–Kier alpha value is -0.0200. The van der Waals surface area contributed by atoms with Crippen LogP contribution in [0.3, 0.4) is 0 Å². The molecule has 32 heavy (non-hydrogen) atoms. The molecule has 0 saturated heterocycles.